The van der Waals surface area contributed by atoms with E-state index in [4.69, 9.17) is 0 Å². The molecular weight excluding hydrogens is 239 g/mol. The van der Waals surface area contributed by atoms with E-state index in [0.717, 1.165) is 24.5 Å². The lowest BCUT2D eigenvalue weighted by molar-refractivity contribution is 0.628. The maximum atomic E-state index is 12.9. The van der Waals surface area contributed by atoms with Gasteiger partial charge in [0, 0.05) is 25.0 Å². The third-order valence-corrected chi connectivity index (χ3v) is 3.12. The van der Waals surface area contributed by atoms with Crippen LogP contribution in [-0.4, -0.2) is 13.6 Å². The number of benzene rings is 2. The largest absolute Gasteiger partial charge is 0.345 e. The second kappa shape index (κ2) is 6.34. The fraction of sp³-hybridized carbons (Fsp3) is 0.250. The lowest BCUT2D eigenvalue weighted by atomic mass is 10.2. The topological polar surface area (TPSA) is 15.3 Å². The average Bonchev–Trinajstić information content (AvgIpc) is 2.46. The molecule has 0 aromatic heterocycles. The standard InChI is InChI=1S/C16H19FN2/c1-3-18-12-13-4-8-15(9-5-13)19(2)16-10-6-14(17)7-11-16/h4-11,18H,3,12H2,1-2H3. The predicted molar refractivity (Wildman–Crippen MR) is 78.3 cm³/mol. The number of hydrogen-bond donors (Lipinski definition) is 1. The van der Waals surface area contributed by atoms with Crippen molar-refractivity contribution in [3.63, 3.8) is 0 Å². The SMILES string of the molecule is CCNCc1ccc(N(C)c2ccc(F)cc2)cc1. The van der Waals surface area contributed by atoms with Gasteiger partial charge in [-0.25, -0.2) is 4.39 Å². The van der Waals surface area contributed by atoms with E-state index in [1.54, 1.807) is 12.1 Å². The smallest absolute Gasteiger partial charge is 0.123 e. The zero-order valence-corrected chi connectivity index (χ0v) is 11.4. The van der Waals surface area contributed by atoms with E-state index in [9.17, 15) is 4.39 Å². The van der Waals surface area contributed by atoms with Crippen molar-refractivity contribution >= 4 is 11.4 Å². The summed E-state index contributed by atoms with van der Waals surface area (Å²) >= 11 is 0. The molecule has 0 atom stereocenters. The van der Waals surface area contributed by atoms with Gasteiger partial charge in [-0.05, 0) is 48.5 Å². The number of rotatable bonds is 5. The molecule has 2 rings (SSSR count). The van der Waals surface area contributed by atoms with E-state index in [2.05, 4.69) is 36.5 Å². The molecule has 2 aromatic rings. The Balaban J connectivity index is 2.10. The van der Waals surface area contributed by atoms with Crippen LogP contribution in [0.15, 0.2) is 48.5 Å². The van der Waals surface area contributed by atoms with Gasteiger partial charge in [0.25, 0.3) is 0 Å². The van der Waals surface area contributed by atoms with Crippen molar-refractivity contribution in [3.8, 4) is 0 Å². The summed E-state index contributed by atoms with van der Waals surface area (Å²) in [5.74, 6) is -0.210. The molecule has 0 aliphatic rings. The Morgan fingerprint density at radius 1 is 0.947 bits per heavy atom. The van der Waals surface area contributed by atoms with E-state index in [1.165, 1.54) is 17.7 Å². The van der Waals surface area contributed by atoms with Crippen LogP contribution >= 0.6 is 0 Å². The second-order valence-corrected chi connectivity index (χ2v) is 4.48. The first-order chi connectivity index (χ1) is 9.20. The first-order valence-electron chi connectivity index (χ1n) is 6.49. The molecule has 0 aliphatic carbocycles. The van der Waals surface area contributed by atoms with Crippen LogP contribution in [0.4, 0.5) is 15.8 Å². The monoisotopic (exact) mass is 258 g/mol. The fourth-order valence-corrected chi connectivity index (χ4v) is 1.92. The normalized spacial score (nSPS) is 10.5. The maximum absolute atomic E-state index is 12.9. The van der Waals surface area contributed by atoms with E-state index in [0.29, 0.717) is 0 Å². The van der Waals surface area contributed by atoms with Crippen LogP contribution in [0, 0.1) is 5.82 Å². The molecule has 0 bridgehead atoms. The molecule has 0 spiro atoms. The summed E-state index contributed by atoms with van der Waals surface area (Å²) in [6.45, 7) is 3.95. The summed E-state index contributed by atoms with van der Waals surface area (Å²) in [6.07, 6.45) is 0. The molecular formula is C16H19FN2. The molecule has 19 heavy (non-hydrogen) atoms. The minimum absolute atomic E-state index is 0.210. The Kier molecular flexibility index (Phi) is 4.53. The van der Waals surface area contributed by atoms with Crippen molar-refractivity contribution in [2.24, 2.45) is 0 Å². The lowest BCUT2D eigenvalue weighted by Crippen LogP contribution is -2.12. The van der Waals surface area contributed by atoms with E-state index in [1.807, 2.05) is 11.9 Å². The molecule has 0 aliphatic heterocycles. The minimum atomic E-state index is -0.210. The van der Waals surface area contributed by atoms with Gasteiger partial charge >= 0.3 is 0 Å². The molecule has 0 saturated carbocycles. The molecule has 0 amide bonds. The summed E-state index contributed by atoms with van der Waals surface area (Å²) in [5.41, 5.74) is 3.32. The van der Waals surface area contributed by atoms with Crippen LogP contribution in [0.25, 0.3) is 0 Å². The molecule has 0 heterocycles. The van der Waals surface area contributed by atoms with Gasteiger partial charge in [-0.1, -0.05) is 19.1 Å². The van der Waals surface area contributed by atoms with Gasteiger partial charge < -0.3 is 10.2 Å². The summed E-state index contributed by atoms with van der Waals surface area (Å²) in [6, 6.07) is 14.9. The van der Waals surface area contributed by atoms with Crippen LogP contribution in [0.5, 0.6) is 0 Å². The highest BCUT2D eigenvalue weighted by molar-refractivity contribution is 5.62. The average molecular weight is 258 g/mol. The highest BCUT2D eigenvalue weighted by atomic mass is 19.1. The Morgan fingerprint density at radius 2 is 1.47 bits per heavy atom. The van der Waals surface area contributed by atoms with Gasteiger partial charge in [-0.15, -0.1) is 0 Å². The van der Waals surface area contributed by atoms with Crippen molar-refractivity contribution < 1.29 is 4.39 Å². The Morgan fingerprint density at radius 3 is 2.00 bits per heavy atom. The van der Waals surface area contributed by atoms with Crippen LogP contribution < -0.4 is 10.2 Å². The molecule has 2 aromatic carbocycles. The molecule has 1 N–H and O–H groups in total. The molecule has 0 fully saturated rings. The van der Waals surface area contributed by atoms with Gasteiger partial charge in [0.2, 0.25) is 0 Å². The summed E-state index contributed by atoms with van der Waals surface area (Å²) < 4.78 is 12.9. The first-order valence-corrected chi connectivity index (χ1v) is 6.49. The van der Waals surface area contributed by atoms with Gasteiger partial charge in [0.1, 0.15) is 5.82 Å². The Bertz CT molecular complexity index is 505. The van der Waals surface area contributed by atoms with Gasteiger partial charge in [-0.3, -0.25) is 0 Å². The molecule has 3 heteroatoms. The zero-order chi connectivity index (χ0) is 13.7. The third kappa shape index (κ3) is 3.55. The van der Waals surface area contributed by atoms with Crippen molar-refractivity contribution in [1.82, 2.24) is 5.32 Å². The fourth-order valence-electron chi connectivity index (χ4n) is 1.92. The molecule has 0 unspecified atom stereocenters. The third-order valence-electron chi connectivity index (χ3n) is 3.12. The lowest BCUT2D eigenvalue weighted by Gasteiger charge is -2.19. The number of halogens is 1. The Hall–Kier alpha value is -1.87. The predicted octanol–water partition coefficient (Wildman–Crippen LogP) is 3.70. The van der Waals surface area contributed by atoms with Crippen LogP contribution in [0.2, 0.25) is 0 Å². The number of anilines is 2. The highest BCUT2D eigenvalue weighted by Gasteiger charge is 2.03. The van der Waals surface area contributed by atoms with Crippen LogP contribution in [-0.2, 0) is 6.54 Å². The Labute approximate surface area is 113 Å². The van der Waals surface area contributed by atoms with E-state index in [-0.39, 0.29) is 5.82 Å². The van der Waals surface area contributed by atoms with Crippen molar-refractivity contribution in [2.75, 3.05) is 18.5 Å². The van der Waals surface area contributed by atoms with E-state index < -0.39 is 0 Å². The van der Waals surface area contributed by atoms with Crippen molar-refractivity contribution in [2.45, 2.75) is 13.5 Å². The molecule has 2 nitrogen and oxygen atoms in total. The van der Waals surface area contributed by atoms with Gasteiger partial charge in [0.15, 0.2) is 0 Å². The van der Waals surface area contributed by atoms with Crippen LogP contribution in [0.1, 0.15) is 12.5 Å². The van der Waals surface area contributed by atoms with Crippen molar-refractivity contribution in [1.29, 1.82) is 0 Å². The maximum Gasteiger partial charge on any atom is 0.123 e. The summed E-state index contributed by atoms with van der Waals surface area (Å²) in [5, 5.41) is 3.30. The van der Waals surface area contributed by atoms with Gasteiger partial charge in [-0.2, -0.15) is 0 Å². The summed E-state index contributed by atoms with van der Waals surface area (Å²) in [7, 11) is 1.98. The summed E-state index contributed by atoms with van der Waals surface area (Å²) in [4.78, 5) is 2.04. The highest BCUT2D eigenvalue weighted by Crippen LogP contribution is 2.23. The van der Waals surface area contributed by atoms with Crippen molar-refractivity contribution in [3.05, 3.63) is 59.9 Å². The number of nitrogens with zero attached hydrogens (tertiary/aromatic N) is 1. The molecule has 0 radical (unpaired) electrons. The zero-order valence-electron chi connectivity index (χ0n) is 11.4. The van der Waals surface area contributed by atoms with Gasteiger partial charge in [0.05, 0.1) is 0 Å². The molecule has 100 valence electrons. The first kappa shape index (κ1) is 13.6. The molecule has 0 saturated heterocycles. The minimum Gasteiger partial charge on any atom is -0.345 e. The number of nitrogens with one attached hydrogen (secondary N) is 1. The van der Waals surface area contributed by atoms with Crippen LogP contribution in [0.3, 0.4) is 0 Å². The second-order valence-electron chi connectivity index (χ2n) is 4.48. The number of hydrogen-bond acceptors (Lipinski definition) is 2. The van der Waals surface area contributed by atoms with E-state index >= 15 is 0 Å². The quantitative estimate of drug-likeness (QED) is 0.879.